The summed E-state index contributed by atoms with van der Waals surface area (Å²) >= 11 is 0. The fraction of sp³-hybridized carbons (Fsp3) is 0.750. The van der Waals surface area contributed by atoms with E-state index in [0.717, 1.165) is 0 Å². The maximum Gasteiger partial charge on any atom is 0.320 e. The van der Waals surface area contributed by atoms with Crippen LogP contribution in [-0.2, 0) is 23.7 Å². The van der Waals surface area contributed by atoms with Crippen molar-refractivity contribution in [1.82, 2.24) is 5.32 Å². The lowest BCUT2D eigenvalue weighted by atomic mass is 10.6. The van der Waals surface area contributed by atoms with Crippen molar-refractivity contribution >= 4 is 5.97 Å². The molecule has 0 atom stereocenters. The van der Waals surface area contributed by atoms with Gasteiger partial charge in [0.2, 0.25) is 0 Å². The second kappa shape index (κ2) is 13.9. The van der Waals surface area contributed by atoms with Crippen LogP contribution in [0.15, 0.2) is 0 Å². The van der Waals surface area contributed by atoms with Crippen LogP contribution in [0, 0.1) is 12.3 Å². The summed E-state index contributed by atoms with van der Waals surface area (Å²) < 4.78 is 20.1. The predicted octanol–water partition coefficient (Wildman–Crippen LogP) is -0.568. The van der Waals surface area contributed by atoms with Gasteiger partial charge in [0.15, 0.2) is 0 Å². The van der Waals surface area contributed by atoms with Crippen molar-refractivity contribution in [3.05, 3.63) is 0 Å². The predicted molar refractivity (Wildman–Crippen MR) is 66.2 cm³/mol. The highest BCUT2D eigenvalue weighted by Gasteiger charge is 2.00. The summed E-state index contributed by atoms with van der Waals surface area (Å²) in [5.74, 6) is 2.02. The zero-order chi connectivity index (χ0) is 13.5. The first-order valence-corrected chi connectivity index (χ1v) is 5.75. The van der Waals surface area contributed by atoms with Crippen molar-refractivity contribution in [2.45, 2.75) is 0 Å². The summed E-state index contributed by atoms with van der Waals surface area (Å²) in [5, 5.41) is 2.73. The number of carbonyl (C=O) groups excluding carboxylic acids is 1. The molecule has 0 aliphatic rings. The number of rotatable bonds is 12. The van der Waals surface area contributed by atoms with Gasteiger partial charge < -0.3 is 18.9 Å². The Balaban J connectivity index is 3.10. The Morgan fingerprint density at radius 1 is 1.11 bits per heavy atom. The lowest BCUT2D eigenvalue weighted by Gasteiger charge is -2.06. The highest BCUT2D eigenvalue weighted by atomic mass is 16.6. The molecule has 0 saturated carbocycles. The number of hydrogen-bond acceptors (Lipinski definition) is 6. The van der Waals surface area contributed by atoms with E-state index in [4.69, 9.17) is 25.4 Å². The van der Waals surface area contributed by atoms with Gasteiger partial charge in [-0.3, -0.25) is 10.1 Å². The zero-order valence-electron chi connectivity index (χ0n) is 10.8. The van der Waals surface area contributed by atoms with E-state index in [1.165, 1.54) is 0 Å². The Kier molecular flexibility index (Phi) is 13.1. The number of terminal acetylenes is 1. The summed E-state index contributed by atoms with van der Waals surface area (Å²) in [6, 6.07) is 0. The van der Waals surface area contributed by atoms with Crippen LogP contribution in [0.3, 0.4) is 0 Å². The van der Waals surface area contributed by atoms with Gasteiger partial charge in [-0.15, -0.1) is 6.42 Å². The molecule has 0 fully saturated rings. The SMILES string of the molecule is C#CCNCC(=O)OCCOCCOCCOC. The topological polar surface area (TPSA) is 66.0 Å². The van der Waals surface area contributed by atoms with Crippen molar-refractivity contribution in [2.75, 3.05) is 59.8 Å². The summed E-state index contributed by atoms with van der Waals surface area (Å²) in [7, 11) is 1.62. The molecule has 0 aromatic carbocycles. The van der Waals surface area contributed by atoms with E-state index in [2.05, 4.69) is 11.2 Å². The van der Waals surface area contributed by atoms with E-state index in [9.17, 15) is 4.79 Å². The lowest BCUT2D eigenvalue weighted by Crippen LogP contribution is -2.26. The largest absolute Gasteiger partial charge is 0.462 e. The molecule has 18 heavy (non-hydrogen) atoms. The summed E-state index contributed by atoms with van der Waals surface area (Å²) in [6.07, 6.45) is 5.01. The monoisotopic (exact) mass is 259 g/mol. The third-order valence-electron chi connectivity index (χ3n) is 1.79. The average molecular weight is 259 g/mol. The van der Waals surface area contributed by atoms with Crippen LogP contribution in [0.5, 0.6) is 0 Å². The Morgan fingerprint density at radius 3 is 2.33 bits per heavy atom. The first kappa shape index (κ1) is 16.9. The maximum atomic E-state index is 11.1. The van der Waals surface area contributed by atoms with E-state index in [1.54, 1.807) is 7.11 Å². The van der Waals surface area contributed by atoms with Crippen LogP contribution in [0.1, 0.15) is 0 Å². The van der Waals surface area contributed by atoms with Crippen molar-refractivity contribution in [3.8, 4) is 12.3 Å². The van der Waals surface area contributed by atoms with Gasteiger partial charge in [0.1, 0.15) is 6.61 Å². The molecule has 6 nitrogen and oxygen atoms in total. The van der Waals surface area contributed by atoms with Crippen LogP contribution in [0.25, 0.3) is 0 Å². The van der Waals surface area contributed by atoms with Crippen LogP contribution < -0.4 is 5.32 Å². The van der Waals surface area contributed by atoms with Crippen LogP contribution in [0.4, 0.5) is 0 Å². The molecule has 0 saturated heterocycles. The van der Waals surface area contributed by atoms with Crippen molar-refractivity contribution < 1.29 is 23.7 Å². The van der Waals surface area contributed by atoms with Gasteiger partial charge in [0.25, 0.3) is 0 Å². The first-order valence-electron chi connectivity index (χ1n) is 5.75. The standard InChI is InChI=1S/C12H21NO5/c1-3-4-13-11-12(14)18-10-9-17-8-7-16-6-5-15-2/h1,13H,4-11H2,2H3. The molecule has 0 heterocycles. The number of carbonyl (C=O) groups is 1. The number of methoxy groups -OCH3 is 1. The van der Waals surface area contributed by atoms with Crippen LogP contribution >= 0.6 is 0 Å². The zero-order valence-corrected chi connectivity index (χ0v) is 10.8. The van der Waals surface area contributed by atoms with E-state index < -0.39 is 0 Å². The molecular formula is C12H21NO5. The highest BCUT2D eigenvalue weighted by molar-refractivity contribution is 5.71. The summed E-state index contributed by atoms with van der Waals surface area (Å²) in [4.78, 5) is 11.1. The minimum atomic E-state index is -0.342. The van der Waals surface area contributed by atoms with Crippen molar-refractivity contribution in [1.29, 1.82) is 0 Å². The molecule has 0 aliphatic heterocycles. The fourth-order valence-corrected chi connectivity index (χ4v) is 0.966. The summed E-state index contributed by atoms with van der Waals surface area (Å²) in [5.41, 5.74) is 0. The average Bonchev–Trinajstić information content (AvgIpc) is 2.37. The molecule has 0 aromatic rings. The molecule has 104 valence electrons. The molecule has 0 spiro atoms. The Bertz CT molecular complexity index is 239. The number of nitrogens with one attached hydrogen (secondary N) is 1. The second-order valence-corrected chi connectivity index (χ2v) is 3.25. The second-order valence-electron chi connectivity index (χ2n) is 3.25. The molecule has 1 N–H and O–H groups in total. The molecule has 0 aliphatic carbocycles. The maximum absolute atomic E-state index is 11.1. The normalized spacial score (nSPS) is 10.0. The smallest absolute Gasteiger partial charge is 0.320 e. The quantitative estimate of drug-likeness (QED) is 0.288. The number of esters is 1. The number of ether oxygens (including phenoxy) is 4. The molecule has 6 heteroatoms. The van der Waals surface area contributed by atoms with Crippen molar-refractivity contribution in [3.63, 3.8) is 0 Å². The third kappa shape index (κ3) is 12.9. The van der Waals surface area contributed by atoms with Gasteiger partial charge >= 0.3 is 5.97 Å². The Hall–Kier alpha value is -1.13. The van der Waals surface area contributed by atoms with E-state index >= 15 is 0 Å². The molecule has 0 unspecified atom stereocenters. The first-order chi connectivity index (χ1) is 8.81. The minimum Gasteiger partial charge on any atom is -0.462 e. The van der Waals surface area contributed by atoms with E-state index in [1.807, 2.05) is 0 Å². The van der Waals surface area contributed by atoms with Gasteiger partial charge in [0.05, 0.1) is 46.1 Å². The van der Waals surface area contributed by atoms with Gasteiger partial charge in [-0.05, 0) is 0 Å². The fourth-order valence-electron chi connectivity index (χ4n) is 0.966. The van der Waals surface area contributed by atoms with Crippen LogP contribution in [0.2, 0.25) is 0 Å². The van der Waals surface area contributed by atoms with Gasteiger partial charge in [-0.25, -0.2) is 0 Å². The molecule has 0 aromatic heterocycles. The Morgan fingerprint density at radius 2 is 1.72 bits per heavy atom. The molecular weight excluding hydrogens is 238 g/mol. The molecule has 0 bridgehead atoms. The van der Waals surface area contributed by atoms with E-state index in [-0.39, 0.29) is 19.1 Å². The Labute approximate surface area is 108 Å². The van der Waals surface area contributed by atoms with Crippen LogP contribution in [-0.4, -0.2) is 65.8 Å². The molecule has 0 rings (SSSR count). The lowest BCUT2D eigenvalue weighted by molar-refractivity contribution is -0.144. The van der Waals surface area contributed by atoms with Gasteiger partial charge in [0, 0.05) is 7.11 Å². The van der Waals surface area contributed by atoms with Gasteiger partial charge in [-0.1, -0.05) is 5.92 Å². The molecule has 0 amide bonds. The minimum absolute atomic E-state index is 0.115. The highest BCUT2D eigenvalue weighted by Crippen LogP contribution is 1.82. The summed E-state index contributed by atoms with van der Waals surface area (Å²) in [6.45, 7) is 3.15. The number of hydrogen-bond donors (Lipinski definition) is 1. The van der Waals surface area contributed by atoms with Gasteiger partial charge in [-0.2, -0.15) is 0 Å². The van der Waals surface area contributed by atoms with E-state index in [0.29, 0.717) is 39.6 Å². The molecule has 0 radical (unpaired) electrons. The third-order valence-corrected chi connectivity index (χ3v) is 1.79. The van der Waals surface area contributed by atoms with Crippen molar-refractivity contribution in [2.24, 2.45) is 0 Å².